The van der Waals surface area contributed by atoms with Gasteiger partial charge in [0.05, 0.1) is 13.2 Å². The van der Waals surface area contributed by atoms with Crippen molar-refractivity contribution in [2.45, 2.75) is 84.5 Å². The van der Waals surface area contributed by atoms with Crippen LogP contribution in [-0.2, 0) is 19.1 Å². The second-order valence-corrected chi connectivity index (χ2v) is 5.85. The van der Waals surface area contributed by atoms with Crippen LogP contribution in [0.5, 0.6) is 0 Å². The predicted octanol–water partition coefficient (Wildman–Crippen LogP) is 4.96. The van der Waals surface area contributed by atoms with E-state index in [2.05, 4.69) is 13.8 Å². The van der Waals surface area contributed by atoms with Gasteiger partial charge in [-0.2, -0.15) is 0 Å². The second-order valence-electron chi connectivity index (χ2n) is 5.85. The summed E-state index contributed by atoms with van der Waals surface area (Å²) in [4.78, 5) is 22.7. The van der Waals surface area contributed by atoms with Crippen molar-refractivity contribution in [1.82, 2.24) is 0 Å². The first kappa shape index (κ1) is 21.7. The van der Waals surface area contributed by atoms with E-state index in [1.807, 2.05) is 0 Å². The summed E-state index contributed by atoms with van der Waals surface area (Å²) in [7, 11) is 0. The number of hydrogen-bond acceptors (Lipinski definition) is 4. The highest BCUT2D eigenvalue weighted by atomic mass is 16.5. The van der Waals surface area contributed by atoms with Gasteiger partial charge in [0.1, 0.15) is 0 Å². The average Bonchev–Trinajstić information content (AvgIpc) is 2.55. The molecule has 0 atom stereocenters. The summed E-state index contributed by atoms with van der Waals surface area (Å²) in [5.74, 6) is -0.955. The molecule has 0 aromatic carbocycles. The minimum Gasteiger partial charge on any atom is -0.463 e. The fourth-order valence-electron chi connectivity index (χ4n) is 2.17. The summed E-state index contributed by atoms with van der Waals surface area (Å²) >= 11 is 0. The van der Waals surface area contributed by atoms with Crippen LogP contribution in [-0.4, -0.2) is 25.2 Å². The Labute approximate surface area is 141 Å². The van der Waals surface area contributed by atoms with Gasteiger partial charge < -0.3 is 9.47 Å². The molecule has 0 spiro atoms. The molecular weight excluding hydrogens is 292 g/mol. The van der Waals surface area contributed by atoms with Crippen molar-refractivity contribution in [3.63, 3.8) is 0 Å². The van der Waals surface area contributed by atoms with Crippen molar-refractivity contribution in [3.05, 3.63) is 12.2 Å². The van der Waals surface area contributed by atoms with E-state index >= 15 is 0 Å². The van der Waals surface area contributed by atoms with Crippen molar-refractivity contribution in [2.24, 2.45) is 0 Å². The van der Waals surface area contributed by atoms with Crippen LogP contribution in [0.2, 0.25) is 0 Å². The van der Waals surface area contributed by atoms with Gasteiger partial charge >= 0.3 is 11.9 Å². The molecule has 0 radical (unpaired) electrons. The van der Waals surface area contributed by atoms with Crippen molar-refractivity contribution in [2.75, 3.05) is 13.2 Å². The van der Waals surface area contributed by atoms with Crippen LogP contribution in [0.4, 0.5) is 0 Å². The molecule has 0 saturated carbocycles. The van der Waals surface area contributed by atoms with E-state index in [9.17, 15) is 9.59 Å². The molecule has 0 aromatic heterocycles. The van der Waals surface area contributed by atoms with Gasteiger partial charge in [-0.3, -0.25) is 0 Å². The van der Waals surface area contributed by atoms with Crippen LogP contribution in [0.25, 0.3) is 0 Å². The summed E-state index contributed by atoms with van der Waals surface area (Å²) in [5, 5.41) is 0. The fourth-order valence-corrected chi connectivity index (χ4v) is 2.17. The molecule has 0 aromatic rings. The Morgan fingerprint density at radius 2 is 0.957 bits per heavy atom. The molecule has 0 aliphatic heterocycles. The number of carbonyl (C=O) groups is 2. The maximum Gasteiger partial charge on any atom is 0.331 e. The van der Waals surface area contributed by atoms with Gasteiger partial charge in [0.15, 0.2) is 0 Å². The van der Waals surface area contributed by atoms with E-state index < -0.39 is 11.9 Å². The molecule has 0 aliphatic rings. The van der Waals surface area contributed by atoms with E-state index in [1.54, 1.807) is 0 Å². The number of esters is 2. The zero-order valence-electron chi connectivity index (χ0n) is 15.0. The maximum atomic E-state index is 11.4. The van der Waals surface area contributed by atoms with Crippen LogP contribution < -0.4 is 0 Å². The molecule has 0 unspecified atom stereocenters. The largest absolute Gasteiger partial charge is 0.463 e. The van der Waals surface area contributed by atoms with Crippen molar-refractivity contribution in [1.29, 1.82) is 0 Å². The number of ether oxygens (including phenoxy) is 2. The quantitative estimate of drug-likeness (QED) is 0.242. The molecule has 4 nitrogen and oxygen atoms in total. The van der Waals surface area contributed by atoms with Crippen LogP contribution in [0, 0.1) is 0 Å². The van der Waals surface area contributed by atoms with Crippen molar-refractivity contribution < 1.29 is 19.1 Å². The summed E-state index contributed by atoms with van der Waals surface area (Å²) in [5.41, 5.74) is 0. The fraction of sp³-hybridized carbons (Fsp3) is 0.789. The van der Waals surface area contributed by atoms with E-state index in [4.69, 9.17) is 9.47 Å². The van der Waals surface area contributed by atoms with Gasteiger partial charge in [0, 0.05) is 12.2 Å². The number of hydrogen-bond donors (Lipinski definition) is 0. The summed E-state index contributed by atoms with van der Waals surface area (Å²) < 4.78 is 10.0. The van der Waals surface area contributed by atoms with Gasteiger partial charge in [-0.05, 0) is 12.8 Å². The van der Waals surface area contributed by atoms with E-state index in [-0.39, 0.29) is 0 Å². The predicted molar refractivity (Wildman–Crippen MR) is 93.2 cm³/mol. The van der Waals surface area contributed by atoms with Gasteiger partial charge in [0.2, 0.25) is 0 Å². The molecule has 0 amide bonds. The molecule has 0 aliphatic carbocycles. The zero-order valence-corrected chi connectivity index (χ0v) is 15.0. The molecule has 0 fully saturated rings. The molecule has 134 valence electrons. The van der Waals surface area contributed by atoms with Gasteiger partial charge in [-0.15, -0.1) is 0 Å². The standard InChI is InChI=1S/C19H34O4/c1-3-5-7-8-9-10-11-13-17-23-19(21)15-14-18(20)22-16-12-6-4-2/h14-15H,3-13,16-17H2,1-2H3. The third-order valence-corrected chi connectivity index (χ3v) is 3.59. The molecule has 23 heavy (non-hydrogen) atoms. The maximum absolute atomic E-state index is 11.4. The Kier molecular flexibility index (Phi) is 16.1. The lowest BCUT2D eigenvalue weighted by Gasteiger charge is -2.03. The highest BCUT2D eigenvalue weighted by molar-refractivity contribution is 5.91. The highest BCUT2D eigenvalue weighted by Crippen LogP contribution is 2.08. The Morgan fingerprint density at radius 3 is 1.43 bits per heavy atom. The SMILES string of the molecule is CCCCCCCCCCOC(=O)C=CC(=O)OCCCCC. The third-order valence-electron chi connectivity index (χ3n) is 3.59. The normalized spacial score (nSPS) is 10.9. The molecule has 0 bridgehead atoms. The first-order chi connectivity index (χ1) is 11.2. The summed E-state index contributed by atoms with van der Waals surface area (Å²) in [6.45, 7) is 5.13. The summed E-state index contributed by atoms with van der Waals surface area (Å²) in [6.07, 6.45) is 14.9. The molecule has 0 rings (SSSR count). The lowest BCUT2D eigenvalue weighted by Crippen LogP contribution is -2.06. The minimum atomic E-state index is -0.481. The average molecular weight is 326 g/mol. The topological polar surface area (TPSA) is 52.6 Å². The number of unbranched alkanes of at least 4 members (excludes halogenated alkanes) is 9. The van der Waals surface area contributed by atoms with Crippen LogP contribution in [0.15, 0.2) is 12.2 Å². The number of rotatable bonds is 15. The van der Waals surface area contributed by atoms with E-state index in [0.717, 1.165) is 44.3 Å². The Hall–Kier alpha value is -1.32. The zero-order chi connectivity index (χ0) is 17.2. The van der Waals surface area contributed by atoms with Gasteiger partial charge in [-0.1, -0.05) is 71.6 Å². The molecular formula is C19H34O4. The molecule has 4 heteroatoms. The first-order valence-corrected chi connectivity index (χ1v) is 9.22. The van der Waals surface area contributed by atoms with E-state index in [0.29, 0.717) is 13.2 Å². The number of carbonyl (C=O) groups excluding carboxylic acids is 2. The highest BCUT2D eigenvalue weighted by Gasteiger charge is 2.01. The Balaban J connectivity index is 3.45. The van der Waals surface area contributed by atoms with E-state index in [1.165, 1.54) is 38.5 Å². The Bertz CT molecular complexity index is 323. The van der Waals surface area contributed by atoms with Gasteiger partial charge in [0.25, 0.3) is 0 Å². The van der Waals surface area contributed by atoms with Crippen LogP contribution in [0.1, 0.15) is 84.5 Å². The van der Waals surface area contributed by atoms with Gasteiger partial charge in [-0.25, -0.2) is 9.59 Å². The smallest absolute Gasteiger partial charge is 0.331 e. The molecule has 0 heterocycles. The molecule has 0 N–H and O–H groups in total. The third kappa shape index (κ3) is 16.9. The Morgan fingerprint density at radius 1 is 0.609 bits per heavy atom. The van der Waals surface area contributed by atoms with Crippen molar-refractivity contribution in [3.8, 4) is 0 Å². The monoisotopic (exact) mass is 326 g/mol. The molecule has 0 saturated heterocycles. The lowest BCUT2D eigenvalue weighted by molar-refractivity contribution is -0.140. The second kappa shape index (κ2) is 17.0. The minimum absolute atomic E-state index is 0.407. The lowest BCUT2D eigenvalue weighted by atomic mass is 10.1. The van der Waals surface area contributed by atoms with Crippen LogP contribution in [0.3, 0.4) is 0 Å². The summed E-state index contributed by atoms with van der Waals surface area (Å²) in [6, 6.07) is 0. The van der Waals surface area contributed by atoms with Crippen LogP contribution >= 0.6 is 0 Å². The first-order valence-electron chi connectivity index (χ1n) is 9.22. The van der Waals surface area contributed by atoms with Crippen molar-refractivity contribution >= 4 is 11.9 Å².